The van der Waals surface area contributed by atoms with Gasteiger partial charge in [-0.2, -0.15) is 0 Å². The van der Waals surface area contributed by atoms with Crippen LogP contribution in [-0.4, -0.2) is 27.0 Å². The second kappa shape index (κ2) is 2.69. The van der Waals surface area contributed by atoms with Crippen molar-refractivity contribution in [2.24, 2.45) is 0 Å². The first-order valence-corrected chi connectivity index (χ1v) is 3.50. The fourth-order valence-corrected chi connectivity index (χ4v) is 0.903. The maximum atomic E-state index is 4.15. The van der Waals surface area contributed by atoms with Gasteiger partial charge in [-0.1, -0.05) is 0 Å². The molecular weight excluding hydrogens is 154 g/mol. The molecule has 5 heteroatoms. The Bertz CT molecular complexity index is 400. The van der Waals surface area contributed by atoms with Gasteiger partial charge in [0.1, 0.15) is 17.4 Å². The minimum Gasteiger partial charge on any atom is -0.357 e. The van der Waals surface area contributed by atoms with Crippen molar-refractivity contribution < 1.29 is 0 Å². The van der Waals surface area contributed by atoms with E-state index in [9.17, 15) is 0 Å². The lowest BCUT2D eigenvalue weighted by Crippen LogP contribution is -1.96. The van der Waals surface area contributed by atoms with E-state index in [0.29, 0.717) is 5.95 Å². The Kier molecular flexibility index (Phi) is 1.55. The van der Waals surface area contributed by atoms with Crippen molar-refractivity contribution in [3.8, 4) is 0 Å². The van der Waals surface area contributed by atoms with E-state index in [1.807, 2.05) is 0 Å². The molecule has 0 amide bonds. The normalized spacial score (nSPS) is 10.1. The number of aromatic nitrogens is 4. The highest BCUT2D eigenvalue weighted by atomic mass is 15.1. The van der Waals surface area contributed by atoms with E-state index in [-0.39, 0.29) is 0 Å². The Morgan fingerprint density at radius 3 is 2.92 bits per heavy atom. The molecule has 0 fully saturated rings. The standard InChI is InChI=1S/C7H7N5/c1-8-7-10-3-5-6(12-7)2-9-4-11-5/h2-4H,1H3,(H,8,10,12). The average molecular weight is 161 g/mol. The summed E-state index contributed by atoms with van der Waals surface area (Å²) in [7, 11) is 1.77. The highest BCUT2D eigenvalue weighted by Gasteiger charge is 1.96. The molecule has 0 aliphatic rings. The molecule has 0 aliphatic heterocycles. The van der Waals surface area contributed by atoms with Crippen LogP contribution in [0.3, 0.4) is 0 Å². The number of nitrogens with one attached hydrogen (secondary N) is 1. The van der Waals surface area contributed by atoms with Crippen LogP contribution in [-0.2, 0) is 0 Å². The molecular formula is C7H7N5. The Balaban J connectivity index is 2.67. The number of hydrogen-bond acceptors (Lipinski definition) is 5. The zero-order valence-corrected chi connectivity index (χ0v) is 6.52. The average Bonchev–Trinajstić information content (AvgIpc) is 2.17. The molecule has 2 rings (SSSR count). The van der Waals surface area contributed by atoms with Gasteiger partial charge in [-0.25, -0.2) is 19.9 Å². The predicted octanol–water partition coefficient (Wildman–Crippen LogP) is 0.461. The highest BCUT2D eigenvalue weighted by molar-refractivity contribution is 5.72. The van der Waals surface area contributed by atoms with Crippen molar-refractivity contribution in [3.05, 3.63) is 18.7 Å². The summed E-state index contributed by atoms with van der Waals surface area (Å²) in [4.78, 5) is 16.0. The Hall–Kier alpha value is -1.78. The van der Waals surface area contributed by atoms with E-state index < -0.39 is 0 Å². The Labute approximate surface area is 68.9 Å². The lowest BCUT2D eigenvalue weighted by Gasteiger charge is -1.97. The highest BCUT2D eigenvalue weighted by Crippen LogP contribution is 2.06. The van der Waals surface area contributed by atoms with Crippen LogP contribution in [0.25, 0.3) is 11.0 Å². The first-order valence-electron chi connectivity index (χ1n) is 3.50. The van der Waals surface area contributed by atoms with Crippen LogP contribution in [0.15, 0.2) is 18.7 Å². The molecule has 0 atom stereocenters. The van der Waals surface area contributed by atoms with Crippen LogP contribution in [0.1, 0.15) is 0 Å². The molecule has 0 aliphatic carbocycles. The molecule has 0 saturated carbocycles. The molecule has 0 bridgehead atoms. The van der Waals surface area contributed by atoms with Gasteiger partial charge in [0.15, 0.2) is 0 Å². The first-order chi connectivity index (χ1) is 5.90. The molecule has 2 aromatic heterocycles. The third kappa shape index (κ3) is 1.05. The van der Waals surface area contributed by atoms with Crippen molar-refractivity contribution in [1.29, 1.82) is 0 Å². The first kappa shape index (κ1) is 6.90. The van der Waals surface area contributed by atoms with Crippen LogP contribution < -0.4 is 5.32 Å². The lowest BCUT2D eigenvalue weighted by molar-refractivity contribution is 1.14. The zero-order chi connectivity index (χ0) is 8.39. The van der Waals surface area contributed by atoms with E-state index in [1.54, 1.807) is 19.4 Å². The van der Waals surface area contributed by atoms with Gasteiger partial charge < -0.3 is 5.32 Å². The molecule has 0 radical (unpaired) electrons. The number of hydrogen-bond donors (Lipinski definition) is 1. The van der Waals surface area contributed by atoms with E-state index in [0.717, 1.165) is 11.0 Å². The summed E-state index contributed by atoms with van der Waals surface area (Å²) < 4.78 is 0. The van der Waals surface area contributed by atoms with Gasteiger partial charge in [0.25, 0.3) is 0 Å². The third-order valence-electron chi connectivity index (χ3n) is 1.48. The number of anilines is 1. The Morgan fingerprint density at radius 1 is 1.17 bits per heavy atom. The van der Waals surface area contributed by atoms with Crippen LogP contribution in [0.5, 0.6) is 0 Å². The predicted molar refractivity (Wildman–Crippen MR) is 44.7 cm³/mol. The molecule has 2 heterocycles. The van der Waals surface area contributed by atoms with Gasteiger partial charge >= 0.3 is 0 Å². The summed E-state index contributed by atoms with van der Waals surface area (Å²) in [5, 5.41) is 2.84. The zero-order valence-electron chi connectivity index (χ0n) is 6.52. The molecule has 1 N–H and O–H groups in total. The van der Waals surface area contributed by atoms with E-state index in [4.69, 9.17) is 0 Å². The van der Waals surface area contributed by atoms with Gasteiger partial charge in [-0.3, -0.25) is 0 Å². The number of nitrogens with zero attached hydrogens (tertiary/aromatic N) is 4. The van der Waals surface area contributed by atoms with Crippen LogP contribution >= 0.6 is 0 Å². The third-order valence-corrected chi connectivity index (χ3v) is 1.48. The minimum absolute atomic E-state index is 0.581. The second-order valence-electron chi connectivity index (χ2n) is 2.24. The fraction of sp³-hybridized carbons (Fsp3) is 0.143. The molecule has 0 spiro atoms. The monoisotopic (exact) mass is 161 g/mol. The van der Waals surface area contributed by atoms with Gasteiger partial charge in [0.2, 0.25) is 5.95 Å². The van der Waals surface area contributed by atoms with Crippen molar-refractivity contribution in [1.82, 2.24) is 19.9 Å². The van der Waals surface area contributed by atoms with Crippen LogP contribution in [0, 0.1) is 0 Å². The molecule has 5 nitrogen and oxygen atoms in total. The lowest BCUT2D eigenvalue weighted by atomic mass is 10.4. The van der Waals surface area contributed by atoms with Crippen molar-refractivity contribution in [2.75, 3.05) is 12.4 Å². The molecule has 0 unspecified atom stereocenters. The molecule has 2 aromatic rings. The van der Waals surface area contributed by atoms with Gasteiger partial charge in [0, 0.05) is 7.05 Å². The van der Waals surface area contributed by atoms with Gasteiger partial charge in [-0.15, -0.1) is 0 Å². The van der Waals surface area contributed by atoms with E-state index in [1.165, 1.54) is 6.33 Å². The van der Waals surface area contributed by atoms with Gasteiger partial charge in [0.05, 0.1) is 12.4 Å². The fourth-order valence-electron chi connectivity index (χ4n) is 0.903. The summed E-state index contributed by atoms with van der Waals surface area (Å²) in [5.74, 6) is 0.581. The van der Waals surface area contributed by atoms with Crippen LogP contribution in [0.4, 0.5) is 5.95 Å². The largest absolute Gasteiger partial charge is 0.357 e. The van der Waals surface area contributed by atoms with E-state index >= 15 is 0 Å². The quantitative estimate of drug-likeness (QED) is 0.658. The van der Waals surface area contributed by atoms with Crippen molar-refractivity contribution >= 4 is 17.0 Å². The topological polar surface area (TPSA) is 63.6 Å². The van der Waals surface area contributed by atoms with E-state index in [2.05, 4.69) is 25.3 Å². The van der Waals surface area contributed by atoms with Crippen molar-refractivity contribution in [3.63, 3.8) is 0 Å². The van der Waals surface area contributed by atoms with Crippen LogP contribution in [0.2, 0.25) is 0 Å². The molecule has 0 aromatic carbocycles. The number of rotatable bonds is 1. The molecule has 12 heavy (non-hydrogen) atoms. The van der Waals surface area contributed by atoms with Gasteiger partial charge in [-0.05, 0) is 0 Å². The maximum Gasteiger partial charge on any atom is 0.223 e. The number of fused-ring (bicyclic) bond motifs is 1. The molecule has 0 saturated heterocycles. The summed E-state index contributed by atoms with van der Waals surface area (Å²) >= 11 is 0. The summed E-state index contributed by atoms with van der Waals surface area (Å²) in [5.41, 5.74) is 1.50. The smallest absolute Gasteiger partial charge is 0.223 e. The summed E-state index contributed by atoms with van der Waals surface area (Å²) in [6.45, 7) is 0. The Morgan fingerprint density at radius 2 is 2.08 bits per heavy atom. The SMILES string of the molecule is CNc1ncc2ncncc2n1. The molecule has 60 valence electrons. The maximum absolute atomic E-state index is 4.15. The summed E-state index contributed by atoms with van der Waals surface area (Å²) in [6, 6.07) is 0. The minimum atomic E-state index is 0.581. The summed E-state index contributed by atoms with van der Waals surface area (Å²) in [6.07, 6.45) is 4.80. The van der Waals surface area contributed by atoms with Crippen molar-refractivity contribution in [2.45, 2.75) is 0 Å². The second-order valence-corrected chi connectivity index (χ2v) is 2.24.